The summed E-state index contributed by atoms with van der Waals surface area (Å²) in [6.45, 7) is 8.40. The van der Waals surface area contributed by atoms with Gasteiger partial charge in [0, 0.05) is 55.8 Å². The van der Waals surface area contributed by atoms with Gasteiger partial charge in [-0.05, 0) is 38.2 Å². The van der Waals surface area contributed by atoms with E-state index in [1.807, 2.05) is 48.3 Å². The van der Waals surface area contributed by atoms with Crippen LogP contribution in [0.25, 0.3) is 22.2 Å². The summed E-state index contributed by atoms with van der Waals surface area (Å²) >= 11 is 0. The molecule has 11 heteroatoms. The number of fused-ring (bicyclic) bond motifs is 1. The lowest BCUT2D eigenvalue weighted by molar-refractivity contribution is -0.111. The largest absolute Gasteiger partial charge is 0.494 e. The minimum atomic E-state index is -0.278. The molecule has 2 N–H and O–H groups in total. The second kappa shape index (κ2) is 11.7. The van der Waals surface area contributed by atoms with E-state index in [2.05, 4.69) is 62.1 Å². The van der Waals surface area contributed by atoms with Crippen LogP contribution >= 0.6 is 13.5 Å². The fourth-order valence-corrected chi connectivity index (χ4v) is 4.69. The molecule has 0 aliphatic carbocycles. The summed E-state index contributed by atoms with van der Waals surface area (Å²) in [5, 5.41) is 11.7. The second-order valence-corrected chi connectivity index (χ2v) is 9.49. The van der Waals surface area contributed by atoms with E-state index in [0.29, 0.717) is 29.0 Å². The monoisotopic (exact) mass is 546 g/mol. The zero-order chi connectivity index (χ0) is 26.8. The number of piperazine rings is 1. The van der Waals surface area contributed by atoms with Crippen LogP contribution < -0.4 is 20.3 Å². The predicted octanol–water partition coefficient (Wildman–Crippen LogP) is 4.16. The Hall–Kier alpha value is -4.09. The molecule has 5 rings (SSSR count). The molecule has 4 aromatic rings. The normalized spacial score (nSPS) is 15.5. The van der Waals surface area contributed by atoms with Crippen molar-refractivity contribution in [2.24, 2.45) is 7.05 Å². The fourth-order valence-electron chi connectivity index (χ4n) is 4.69. The lowest BCUT2D eigenvalue weighted by Gasteiger charge is -2.39. The number of methoxy groups -OCH3 is 1. The van der Waals surface area contributed by atoms with Gasteiger partial charge in [0.1, 0.15) is 17.9 Å². The summed E-state index contributed by atoms with van der Waals surface area (Å²) < 4.78 is 7.60. The Kier molecular flexibility index (Phi) is 8.41. The van der Waals surface area contributed by atoms with Crippen LogP contribution in [0.3, 0.4) is 0 Å². The molecular weight excluding hydrogens is 512 g/mol. The van der Waals surface area contributed by atoms with E-state index in [9.17, 15) is 4.79 Å². The van der Waals surface area contributed by atoms with E-state index in [1.54, 1.807) is 7.11 Å². The van der Waals surface area contributed by atoms with Gasteiger partial charge < -0.3 is 25.2 Å². The van der Waals surface area contributed by atoms with Crippen LogP contribution in [0.1, 0.15) is 6.92 Å². The Morgan fingerprint density at radius 1 is 1.13 bits per heavy atom. The van der Waals surface area contributed by atoms with Crippen LogP contribution in [0, 0.1) is 0 Å². The molecule has 10 nitrogen and oxygen atoms in total. The highest BCUT2D eigenvalue weighted by Gasteiger charge is 2.24. The highest BCUT2D eigenvalue weighted by Crippen LogP contribution is 2.39. The van der Waals surface area contributed by atoms with Crippen molar-refractivity contribution in [2.45, 2.75) is 13.0 Å². The summed E-state index contributed by atoms with van der Waals surface area (Å²) in [5.74, 6) is 0.960. The van der Waals surface area contributed by atoms with Gasteiger partial charge in [0.15, 0.2) is 0 Å². The van der Waals surface area contributed by atoms with Crippen molar-refractivity contribution < 1.29 is 9.53 Å². The van der Waals surface area contributed by atoms with Gasteiger partial charge in [-0.25, -0.2) is 9.97 Å². The fraction of sp³-hybridized carbons (Fsp3) is 0.286. The van der Waals surface area contributed by atoms with Crippen LogP contribution in [0.4, 0.5) is 22.9 Å². The number of hydrogen-bond acceptors (Lipinski definition) is 8. The maximum absolute atomic E-state index is 12.3. The molecule has 0 saturated carbocycles. The van der Waals surface area contributed by atoms with Crippen LogP contribution in [0.15, 0.2) is 61.6 Å². The van der Waals surface area contributed by atoms with Gasteiger partial charge in [0.25, 0.3) is 0 Å². The summed E-state index contributed by atoms with van der Waals surface area (Å²) in [4.78, 5) is 25.8. The zero-order valence-corrected chi connectivity index (χ0v) is 23.6. The molecular formula is C28H34N8O2S. The molecule has 1 aliphatic rings. The quantitative estimate of drug-likeness (QED) is 0.334. The van der Waals surface area contributed by atoms with Crippen molar-refractivity contribution in [3.8, 4) is 17.0 Å². The van der Waals surface area contributed by atoms with Crippen LogP contribution in [-0.4, -0.2) is 70.4 Å². The van der Waals surface area contributed by atoms with Crippen molar-refractivity contribution in [1.29, 1.82) is 0 Å². The number of anilines is 4. The van der Waals surface area contributed by atoms with E-state index in [0.717, 1.165) is 47.5 Å². The van der Waals surface area contributed by atoms with Gasteiger partial charge in [-0.1, -0.05) is 12.6 Å². The van der Waals surface area contributed by atoms with E-state index >= 15 is 0 Å². The molecule has 1 aliphatic heterocycles. The van der Waals surface area contributed by atoms with Crippen LogP contribution in [0.5, 0.6) is 5.75 Å². The SMILES string of the molecule is C=CC(=O)Nc1cc(Nc2cc(-c3ccc4c(cnn4C)c3)ncn2)c(OC)cc1N1CCN(C)[C@@H](C)C1.S. The predicted molar refractivity (Wildman–Crippen MR) is 162 cm³/mol. The Morgan fingerprint density at radius 2 is 1.95 bits per heavy atom. The molecule has 0 unspecified atom stereocenters. The van der Waals surface area contributed by atoms with Gasteiger partial charge in [-0.15, -0.1) is 0 Å². The van der Waals surface area contributed by atoms with E-state index in [-0.39, 0.29) is 19.4 Å². The molecule has 2 aromatic carbocycles. The van der Waals surface area contributed by atoms with Crippen LogP contribution in [0.2, 0.25) is 0 Å². The third-order valence-electron chi connectivity index (χ3n) is 7.03. The van der Waals surface area contributed by atoms with Gasteiger partial charge in [-0.2, -0.15) is 18.6 Å². The van der Waals surface area contributed by atoms with Crippen molar-refractivity contribution >= 4 is 53.2 Å². The van der Waals surface area contributed by atoms with Gasteiger partial charge in [0.2, 0.25) is 5.91 Å². The number of carbonyl (C=O) groups is 1. The number of rotatable bonds is 7. The maximum atomic E-state index is 12.3. The van der Waals surface area contributed by atoms with Gasteiger partial charge >= 0.3 is 0 Å². The molecule has 0 radical (unpaired) electrons. The lowest BCUT2D eigenvalue weighted by atomic mass is 10.1. The summed E-state index contributed by atoms with van der Waals surface area (Å²) in [5.41, 5.74) is 5.03. The van der Waals surface area contributed by atoms with Crippen molar-refractivity contribution in [2.75, 3.05) is 49.3 Å². The van der Waals surface area contributed by atoms with E-state index in [1.165, 1.54) is 12.4 Å². The number of aryl methyl sites for hydroxylation is 1. The third-order valence-corrected chi connectivity index (χ3v) is 7.03. The van der Waals surface area contributed by atoms with Gasteiger partial charge in [-0.3, -0.25) is 9.48 Å². The van der Waals surface area contributed by atoms with Gasteiger partial charge in [0.05, 0.1) is 41.6 Å². The first-order valence-electron chi connectivity index (χ1n) is 12.5. The highest BCUT2D eigenvalue weighted by atomic mass is 32.1. The average Bonchev–Trinajstić information content (AvgIpc) is 3.30. The summed E-state index contributed by atoms with van der Waals surface area (Å²) in [6, 6.07) is 12.2. The second-order valence-electron chi connectivity index (χ2n) is 9.49. The Morgan fingerprint density at radius 3 is 2.69 bits per heavy atom. The summed E-state index contributed by atoms with van der Waals surface area (Å²) in [7, 11) is 5.68. The zero-order valence-electron chi connectivity index (χ0n) is 22.6. The number of likely N-dealkylation sites (N-methyl/N-ethyl adjacent to an activating group) is 1. The lowest BCUT2D eigenvalue weighted by Crippen LogP contribution is -2.50. The minimum Gasteiger partial charge on any atom is -0.494 e. The first-order valence-corrected chi connectivity index (χ1v) is 12.5. The molecule has 1 atom stereocenters. The Balaban J connectivity index is 0.00000353. The van der Waals surface area contributed by atoms with Crippen molar-refractivity contribution in [3.05, 3.63) is 61.6 Å². The molecule has 0 bridgehead atoms. The van der Waals surface area contributed by atoms with E-state index < -0.39 is 0 Å². The molecule has 1 amide bonds. The number of amides is 1. The number of ether oxygens (including phenoxy) is 1. The molecule has 39 heavy (non-hydrogen) atoms. The minimum absolute atomic E-state index is 0. The Labute approximate surface area is 235 Å². The van der Waals surface area contributed by atoms with E-state index in [4.69, 9.17) is 4.74 Å². The molecule has 2 aromatic heterocycles. The smallest absolute Gasteiger partial charge is 0.247 e. The maximum Gasteiger partial charge on any atom is 0.247 e. The molecule has 1 saturated heterocycles. The number of hydrogen-bond donors (Lipinski definition) is 2. The molecule has 204 valence electrons. The first-order chi connectivity index (χ1) is 18.4. The molecule has 3 heterocycles. The Bertz CT molecular complexity index is 1500. The standard InChI is InChI=1S/C28H32N8O2.H2S/c1-6-28(37)33-22-12-23(26(38-5)14-25(22)36-10-9-34(3)18(2)16-36)32-27-13-21(29-17-30-27)19-7-8-24-20(11-19)15-31-35(24)4;/h6-8,11-15,17-18H,1,9-10,16H2,2-5H3,(H,33,37)(H,29,30,32);1H2/t18-;/m0./s1. The number of nitrogens with one attached hydrogen (secondary N) is 2. The number of benzene rings is 2. The van der Waals surface area contributed by atoms with Crippen molar-refractivity contribution in [1.82, 2.24) is 24.6 Å². The molecule has 0 spiro atoms. The van der Waals surface area contributed by atoms with Crippen LogP contribution in [-0.2, 0) is 11.8 Å². The highest BCUT2D eigenvalue weighted by molar-refractivity contribution is 7.59. The van der Waals surface area contributed by atoms with Crippen molar-refractivity contribution in [3.63, 3.8) is 0 Å². The third kappa shape index (κ3) is 5.84. The first kappa shape index (κ1) is 27.9. The number of aromatic nitrogens is 4. The average molecular weight is 547 g/mol. The number of nitrogens with zero attached hydrogens (tertiary/aromatic N) is 6. The topological polar surface area (TPSA) is 100 Å². The summed E-state index contributed by atoms with van der Waals surface area (Å²) in [6.07, 6.45) is 4.63. The molecule has 1 fully saturated rings. The number of carbonyl (C=O) groups excluding carboxylic acids is 1.